The molecule has 184 valence electrons. The average Bonchev–Trinajstić information content (AvgIpc) is 2.79. The minimum Gasteiger partial charge on any atom is -0.478 e. The van der Waals surface area contributed by atoms with Crippen LogP contribution in [-0.2, 0) is 14.6 Å². The molecule has 0 saturated carbocycles. The molecule has 0 aliphatic heterocycles. The van der Waals surface area contributed by atoms with E-state index in [-0.39, 0.29) is 46.3 Å². The summed E-state index contributed by atoms with van der Waals surface area (Å²) < 4.78 is 39.9. The van der Waals surface area contributed by atoms with Gasteiger partial charge in [0.15, 0.2) is 9.84 Å². The van der Waals surface area contributed by atoms with Gasteiger partial charge in [-0.1, -0.05) is 0 Å². The Morgan fingerprint density at radius 3 is 2.31 bits per heavy atom. The maximum absolute atomic E-state index is 12.9. The molecule has 2 aromatic heterocycles. The highest BCUT2D eigenvalue weighted by atomic mass is 32.2. The zero-order chi connectivity index (χ0) is 25.6. The molecule has 12 heteroatoms. The van der Waals surface area contributed by atoms with Gasteiger partial charge in [0.2, 0.25) is 11.8 Å². The number of benzene rings is 1. The zero-order valence-corrected chi connectivity index (χ0v) is 19.9. The first-order chi connectivity index (χ1) is 16.5. The van der Waals surface area contributed by atoms with E-state index in [0.717, 1.165) is 12.5 Å². The largest absolute Gasteiger partial charge is 0.478 e. The van der Waals surface area contributed by atoms with Crippen LogP contribution in [0.25, 0.3) is 0 Å². The van der Waals surface area contributed by atoms with Crippen molar-refractivity contribution in [1.82, 2.24) is 9.97 Å². The molecule has 1 atom stereocenters. The van der Waals surface area contributed by atoms with Gasteiger partial charge in [-0.25, -0.2) is 18.2 Å². The van der Waals surface area contributed by atoms with E-state index in [1.807, 2.05) is 0 Å². The first-order valence-corrected chi connectivity index (χ1v) is 12.1. The molecule has 1 amide bonds. The van der Waals surface area contributed by atoms with E-state index in [9.17, 15) is 18.0 Å². The van der Waals surface area contributed by atoms with Crippen LogP contribution < -0.4 is 14.8 Å². The van der Waals surface area contributed by atoms with Crippen LogP contribution in [0.15, 0.2) is 59.6 Å². The Morgan fingerprint density at radius 1 is 1.06 bits per heavy atom. The Kier molecular flexibility index (Phi) is 7.99. The Balaban J connectivity index is 1.87. The fraction of sp³-hybridized carbons (Fsp3) is 0.217. The molecule has 35 heavy (non-hydrogen) atoms. The van der Waals surface area contributed by atoms with Crippen LogP contribution in [0.1, 0.15) is 27.6 Å². The summed E-state index contributed by atoms with van der Waals surface area (Å²) in [6.45, 7) is 2.04. The van der Waals surface area contributed by atoms with E-state index >= 15 is 0 Å². The van der Waals surface area contributed by atoms with Crippen LogP contribution in [0, 0.1) is 0 Å². The molecule has 0 unspecified atom stereocenters. The number of aromatic nitrogens is 2. The fourth-order valence-corrected chi connectivity index (χ4v) is 3.49. The maximum Gasteiger partial charge on any atom is 0.337 e. The lowest BCUT2D eigenvalue weighted by Gasteiger charge is -2.15. The van der Waals surface area contributed by atoms with Gasteiger partial charge in [-0.15, -0.1) is 0 Å². The number of ether oxygens (including phenoxy) is 3. The predicted molar refractivity (Wildman–Crippen MR) is 125 cm³/mol. The number of methoxy groups -OCH3 is 1. The monoisotopic (exact) mass is 501 g/mol. The molecule has 0 radical (unpaired) electrons. The number of nitrogens with zero attached hydrogens (tertiary/aromatic N) is 2. The van der Waals surface area contributed by atoms with E-state index < -0.39 is 21.7 Å². The van der Waals surface area contributed by atoms with Crippen molar-refractivity contribution < 1.29 is 37.3 Å². The summed E-state index contributed by atoms with van der Waals surface area (Å²) in [5, 5.41) is 11.6. The number of sulfone groups is 1. The molecule has 11 nitrogen and oxygen atoms in total. The molecule has 0 aliphatic rings. The Labute approximate surface area is 201 Å². The van der Waals surface area contributed by atoms with E-state index in [0.29, 0.717) is 5.75 Å². The van der Waals surface area contributed by atoms with Gasteiger partial charge in [0, 0.05) is 31.7 Å². The summed E-state index contributed by atoms with van der Waals surface area (Å²) in [6, 6.07) is 11.2. The third kappa shape index (κ3) is 7.22. The van der Waals surface area contributed by atoms with Gasteiger partial charge in [-0.3, -0.25) is 4.79 Å². The van der Waals surface area contributed by atoms with Crippen LogP contribution in [0.5, 0.6) is 17.5 Å². The molecule has 2 N–H and O–H groups in total. The summed E-state index contributed by atoms with van der Waals surface area (Å²) in [5.74, 6) is -1.14. The number of carbonyl (C=O) groups is 2. The van der Waals surface area contributed by atoms with Crippen molar-refractivity contribution in [3.8, 4) is 17.5 Å². The van der Waals surface area contributed by atoms with Gasteiger partial charge in [0.05, 0.1) is 22.6 Å². The molecule has 0 saturated heterocycles. The number of carbonyl (C=O) groups excluding carboxylic acids is 1. The second-order valence-corrected chi connectivity index (χ2v) is 9.47. The van der Waals surface area contributed by atoms with Crippen molar-refractivity contribution in [2.75, 3.05) is 25.3 Å². The molecule has 0 aliphatic carbocycles. The highest BCUT2D eigenvalue weighted by Crippen LogP contribution is 2.26. The van der Waals surface area contributed by atoms with E-state index in [4.69, 9.17) is 19.3 Å². The number of hydrogen-bond acceptors (Lipinski definition) is 9. The molecular formula is C23H23N3O8S. The summed E-state index contributed by atoms with van der Waals surface area (Å²) in [7, 11) is -1.85. The van der Waals surface area contributed by atoms with E-state index in [2.05, 4.69) is 15.3 Å². The lowest BCUT2D eigenvalue weighted by atomic mass is 10.2. The second-order valence-electron chi connectivity index (χ2n) is 7.45. The quantitative estimate of drug-likeness (QED) is 0.423. The summed E-state index contributed by atoms with van der Waals surface area (Å²) in [4.78, 5) is 32.2. The van der Waals surface area contributed by atoms with Crippen LogP contribution in [0.3, 0.4) is 0 Å². The molecule has 1 aromatic carbocycles. The van der Waals surface area contributed by atoms with Crippen LogP contribution in [-0.4, -0.2) is 61.4 Å². The number of carboxylic acid groups (broad SMARTS) is 1. The predicted octanol–water partition coefficient (Wildman–Crippen LogP) is 3.04. The van der Waals surface area contributed by atoms with Gasteiger partial charge in [0.25, 0.3) is 5.91 Å². The lowest BCUT2D eigenvalue weighted by Crippen LogP contribution is -2.19. The molecule has 0 bridgehead atoms. The number of aromatic carboxylic acids is 1. The minimum atomic E-state index is -3.37. The standard InChI is InChI=1S/C23H23N3O8S/c1-14(13-32-2)33-20-10-16(22(27)25-19-9-4-15(12-24-19)23(28)29)11-21(26-20)34-17-5-7-18(8-6-17)35(3,30)31/h4-12,14H,13H2,1-3H3,(H,28,29)(H,24,25,27)/t14-/m1/s1. The van der Waals surface area contributed by atoms with Gasteiger partial charge < -0.3 is 24.6 Å². The average molecular weight is 502 g/mol. The highest BCUT2D eigenvalue weighted by molar-refractivity contribution is 7.90. The Morgan fingerprint density at radius 2 is 1.74 bits per heavy atom. The molecule has 0 fully saturated rings. The third-order valence-corrected chi connectivity index (χ3v) is 5.62. The van der Waals surface area contributed by atoms with Crippen molar-refractivity contribution in [2.45, 2.75) is 17.9 Å². The number of hydrogen-bond donors (Lipinski definition) is 2. The summed E-state index contributed by atoms with van der Waals surface area (Å²) >= 11 is 0. The lowest BCUT2D eigenvalue weighted by molar-refractivity contribution is 0.0696. The van der Waals surface area contributed by atoms with Gasteiger partial charge in [0.1, 0.15) is 17.7 Å². The first-order valence-electron chi connectivity index (χ1n) is 10.2. The number of pyridine rings is 2. The number of anilines is 1. The second kappa shape index (κ2) is 10.9. The first kappa shape index (κ1) is 25.6. The minimum absolute atomic E-state index is 0.0210. The zero-order valence-electron chi connectivity index (χ0n) is 19.1. The van der Waals surface area contributed by atoms with Crippen molar-refractivity contribution >= 4 is 27.5 Å². The third-order valence-electron chi connectivity index (χ3n) is 4.49. The van der Waals surface area contributed by atoms with Gasteiger partial charge in [-0.05, 0) is 43.3 Å². The smallest absolute Gasteiger partial charge is 0.337 e. The highest BCUT2D eigenvalue weighted by Gasteiger charge is 2.16. The fourth-order valence-electron chi connectivity index (χ4n) is 2.86. The molecule has 2 heterocycles. The maximum atomic E-state index is 12.9. The molecular weight excluding hydrogens is 478 g/mol. The summed E-state index contributed by atoms with van der Waals surface area (Å²) in [6.07, 6.45) is 1.85. The topological polar surface area (TPSA) is 154 Å². The van der Waals surface area contributed by atoms with E-state index in [1.54, 1.807) is 6.92 Å². The normalized spacial score (nSPS) is 12.0. The van der Waals surface area contributed by atoms with Crippen molar-refractivity contribution in [3.05, 3.63) is 65.9 Å². The van der Waals surface area contributed by atoms with Crippen LogP contribution >= 0.6 is 0 Å². The Bertz CT molecular complexity index is 1310. The van der Waals surface area contributed by atoms with Crippen molar-refractivity contribution in [1.29, 1.82) is 0 Å². The van der Waals surface area contributed by atoms with Crippen LogP contribution in [0.2, 0.25) is 0 Å². The SMILES string of the molecule is COC[C@@H](C)Oc1cc(C(=O)Nc2ccc(C(=O)O)cn2)cc(Oc2ccc(S(C)(=O)=O)cc2)n1. The molecule has 0 spiro atoms. The van der Waals surface area contributed by atoms with Crippen LogP contribution in [0.4, 0.5) is 5.82 Å². The van der Waals surface area contributed by atoms with E-state index in [1.165, 1.54) is 55.6 Å². The van der Waals surface area contributed by atoms with Crippen molar-refractivity contribution in [2.24, 2.45) is 0 Å². The van der Waals surface area contributed by atoms with Gasteiger partial charge in [-0.2, -0.15) is 4.98 Å². The Hall–Kier alpha value is -4.03. The number of amides is 1. The molecule has 3 rings (SSSR count). The summed E-state index contributed by atoms with van der Waals surface area (Å²) in [5.41, 5.74) is 0.110. The number of carboxylic acids is 1. The number of rotatable bonds is 10. The number of nitrogens with one attached hydrogen (secondary N) is 1. The van der Waals surface area contributed by atoms with Gasteiger partial charge >= 0.3 is 5.97 Å². The molecule has 3 aromatic rings. The van der Waals surface area contributed by atoms with Crippen molar-refractivity contribution in [3.63, 3.8) is 0 Å².